The summed E-state index contributed by atoms with van der Waals surface area (Å²) in [5.41, 5.74) is 8.28. The first kappa shape index (κ1) is 13.4. The standard InChI is InChI=1S/C17H23N3/c1-13-5-4-9-20(10-8-13)12-15-11-14-6-2-3-7-16(14)19-17(15)18/h2-3,6-7,11,13H,4-5,8-10,12H2,1H3,(H2,18,19). The van der Waals surface area contributed by atoms with E-state index in [1.807, 2.05) is 12.1 Å². The van der Waals surface area contributed by atoms with Gasteiger partial charge >= 0.3 is 0 Å². The van der Waals surface area contributed by atoms with Crippen molar-refractivity contribution >= 4 is 16.7 Å². The molecule has 0 radical (unpaired) electrons. The number of hydrogen-bond acceptors (Lipinski definition) is 3. The lowest BCUT2D eigenvalue weighted by atomic mass is 10.0. The van der Waals surface area contributed by atoms with E-state index in [0.717, 1.165) is 18.0 Å². The molecule has 0 bridgehead atoms. The first-order chi connectivity index (χ1) is 9.72. The molecule has 1 unspecified atom stereocenters. The number of benzene rings is 1. The maximum absolute atomic E-state index is 6.13. The second kappa shape index (κ2) is 5.80. The summed E-state index contributed by atoms with van der Waals surface area (Å²) < 4.78 is 0. The first-order valence-corrected chi connectivity index (χ1v) is 7.59. The van der Waals surface area contributed by atoms with Crippen molar-refractivity contribution in [3.8, 4) is 0 Å². The quantitative estimate of drug-likeness (QED) is 0.908. The minimum atomic E-state index is 0.681. The minimum Gasteiger partial charge on any atom is -0.383 e. The molecule has 0 amide bonds. The van der Waals surface area contributed by atoms with Gasteiger partial charge in [-0.25, -0.2) is 4.98 Å². The molecule has 1 fully saturated rings. The first-order valence-electron chi connectivity index (χ1n) is 7.59. The monoisotopic (exact) mass is 269 g/mol. The van der Waals surface area contributed by atoms with Crippen molar-refractivity contribution in [1.29, 1.82) is 0 Å². The number of nitrogens with zero attached hydrogens (tertiary/aromatic N) is 2. The van der Waals surface area contributed by atoms with Crippen LogP contribution < -0.4 is 5.73 Å². The molecule has 3 nitrogen and oxygen atoms in total. The van der Waals surface area contributed by atoms with Gasteiger partial charge in [-0.3, -0.25) is 4.90 Å². The van der Waals surface area contributed by atoms with Crippen LogP contribution in [0, 0.1) is 5.92 Å². The lowest BCUT2D eigenvalue weighted by Gasteiger charge is -2.20. The van der Waals surface area contributed by atoms with Gasteiger partial charge in [0.25, 0.3) is 0 Å². The molecule has 1 aliphatic rings. The Morgan fingerprint density at radius 2 is 2.10 bits per heavy atom. The molecule has 1 aromatic carbocycles. The fourth-order valence-corrected chi connectivity index (χ4v) is 3.02. The Hall–Kier alpha value is -1.61. The molecule has 0 aliphatic carbocycles. The molecular weight excluding hydrogens is 246 g/mol. The van der Waals surface area contributed by atoms with Crippen molar-refractivity contribution in [2.24, 2.45) is 5.92 Å². The average Bonchev–Trinajstić information content (AvgIpc) is 2.65. The number of likely N-dealkylation sites (tertiary alicyclic amines) is 1. The van der Waals surface area contributed by atoms with Gasteiger partial charge < -0.3 is 5.73 Å². The summed E-state index contributed by atoms with van der Waals surface area (Å²) in [6, 6.07) is 10.4. The van der Waals surface area contributed by atoms with Gasteiger partial charge in [0.05, 0.1) is 5.52 Å². The van der Waals surface area contributed by atoms with Gasteiger partial charge in [-0.1, -0.05) is 25.1 Å². The van der Waals surface area contributed by atoms with E-state index in [-0.39, 0.29) is 0 Å². The van der Waals surface area contributed by atoms with Gasteiger partial charge in [0, 0.05) is 17.5 Å². The number of anilines is 1. The Kier molecular flexibility index (Phi) is 3.88. The van der Waals surface area contributed by atoms with Crippen LogP contribution in [0.1, 0.15) is 31.7 Å². The SMILES string of the molecule is CC1CCCN(Cc2cc3ccccc3nc2N)CC1. The number of para-hydroxylation sites is 1. The van der Waals surface area contributed by atoms with Crippen LogP contribution >= 0.6 is 0 Å². The van der Waals surface area contributed by atoms with Crippen molar-refractivity contribution in [3.63, 3.8) is 0 Å². The van der Waals surface area contributed by atoms with Crippen LogP contribution in [-0.4, -0.2) is 23.0 Å². The summed E-state index contributed by atoms with van der Waals surface area (Å²) in [5, 5.41) is 1.18. The lowest BCUT2D eigenvalue weighted by molar-refractivity contribution is 0.274. The Labute approximate surface area is 120 Å². The number of hydrogen-bond donors (Lipinski definition) is 1. The Balaban J connectivity index is 1.81. The highest BCUT2D eigenvalue weighted by Gasteiger charge is 2.15. The highest BCUT2D eigenvalue weighted by Crippen LogP contribution is 2.22. The fraction of sp³-hybridized carbons (Fsp3) is 0.471. The molecule has 1 saturated heterocycles. The van der Waals surface area contributed by atoms with E-state index in [1.54, 1.807) is 0 Å². The Morgan fingerprint density at radius 3 is 3.00 bits per heavy atom. The second-order valence-electron chi connectivity index (χ2n) is 6.04. The van der Waals surface area contributed by atoms with Gasteiger partial charge in [0.15, 0.2) is 0 Å². The molecule has 1 aliphatic heterocycles. The largest absolute Gasteiger partial charge is 0.383 e. The predicted octanol–water partition coefficient (Wildman–Crippen LogP) is 3.44. The van der Waals surface area contributed by atoms with Gasteiger partial charge in [0.2, 0.25) is 0 Å². The van der Waals surface area contributed by atoms with Crippen LogP contribution in [0.25, 0.3) is 10.9 Å². The zero-order valence-electron chi connectivity index (χ0n) is 12.2. The maximum Gasteiger partial charge on any atom is 0.128 e. The van der Waals surface area contributed by atoms with Crippen molar-refractivity contribution in [3.05, 3.63) is 35.9 Å². The van der Waals surface area contributed by atoms with Gasteiger partial charge in [0.1, 0.15) is 5.82 Å². The number of nitrogen functional groups attached to an aromatic ring is 1. The van der Waals surface area contributed by atoms with E-state index < -0.39 is 0 Å². The maximum atomic E-state index is 6.13. The molecule has 3 heteroatoms. The van der Waals surface area contributed by atoms with Crippen molar-refractivity contribution in [2.75, 3.05) is 18.8 Å². The molecule has 2 N–H and O–H groups in total. The third-order valence-corrected chi connectivity index (χ3v) is 4.34. The zero-order chi connectivity index (χ0) is 13.9. The van der Waals surface area contributed by atoms with E-state index in [1.165, 1.54) is 43.3 Å². The molecule has 1 atom stereocenters. The Bertz CT molecular complexity index is 594. The van der Waals surface area contributed by atoms with Crippen LogP contribution in [-0.2, 0) is 6.54 Å². The number of pyridine rings is 1. The van der Waals surface area contributed by atoms with Crippen LogP contribution in [0.15, 0.2) is 30.3 Å². The molecule has 2 aromatic rings. The molecule has 20 heavy (non-hydrogen) atoms. The predicted molar refractivity (Wildman–Crippen MR) is 84.4 cm³/mol. The molecule has 1 aromatic heterocycles. The Morgan fingerprint density at radius 1 is 1.25 bits per heavy atom. The summed E-state index contributed by atoms with van der Waals surface area (Å²) in [6.45, 7) is 5.63. The van der Waals surface area contributed by atoms with Gasteiger partial charge in [-0.15, -0.1) is 0 Å². The highest BCUT2D eigenvalue weighted by molar-refractivity contribution is 5.81. The van der Waals surface area contributed by atoms with E-state index in [2.05, 4.69) is 35.0 Å². The average molecular weight is 269 g/mol. The molecular formula is C17H23N3. The topological polar surface area (TPSA) is 42.2 Å². The summed E-state index contributed by atoms with van der Waals surface area (Å²) >= 11 is 0. The molecule has 0 saturated carbocycles. The van der Waals surface area contributed by atoms with E-state index in [0.29, 0.717) is 5.82 Å². The van der Waals surface area contributed by atoms with Gasteiger partial charge in [-0.2, -0.15) is 0 Å². The molecule has 0 spiro atoms. The summed E-state index contributed by atoms with van der Waals surface area (Å²) in [6.07, 6.45) is 3.94. The summed E-state index contributed by atoms with van der Waals surface area (Å²) in [7, 11) is 0. The number of rotatable bonds is 2. The minimum absolute atomic E-state index is 0.681. The van der Waals surface area contributed by atoms with Crippen LogP contribution in [0.2, 0.25) is 0 Å². The molecule has 2 heterocycles. The molecule has 106 valence electrons. The highest BCUT2D eigenvalue weighted by atomic mass is 15.1. The smallest absolute Gasteiger partial charge is 0.128 e. The van der Waals surface area contributed by atoms with E-state index in [4.69, 9.17) is 5.73 Å². The van der Waals surface area contributed by atoms with Crippen LogP contribution in [0.3, 0.4) is 0 Å². The van der Waals surface area contributed by atoms with Crippen LogP contribution in [0.4, 0.5) is 5.82 Å². The zero-order valence-corrected chi connectivity index (χ0v) is 12.2. The third-order valence-electron chi connectivity index (χ3n) is 4.34. The number of fused-ring (bicyclic) bond motifs is 1. The summed E-state index contributed by atoms with van der Waals surface area (Å²) in [4.78, 5) is 7.05. The number of aromatic nitrogens is 1. The van der Waals surface area contributed by atoms with Gasteiger partial charge in [-0.05, 0) is 50.4 Å². The third kappa shape index (κ3) is 2.93. The van der Waals surface area contributed by atoms with E-state index >= 15 is 0 Å². The van der Waals surface area contributed by atoms with Crippen molar-refractivity contribution in [1.82, 2.24) is 9.88 Å². The van der Waals surface area contributed by atoms with Crippen molar-refractivity contribution < 1.29 is 0 Å². The molecule has 3 rings (SSSR count). The second-order valence-corrected chi connectivity index (χ2v) is 6.04. The summed E-state index contributed by atoms with van der Waals surface area (Å²) in [5.74, 6) is 1.54. The normalized spacial score (nSPS) is 20.9. The van der Waals surface area contributed by atoms with E-state index in [9.17, 15) is 0 Å². The van der Waals surface area contributed by atoms with Crippen molar-refractivity contribution in [2.45, 2.75) is 32.7 Å². The van der Waals surface area contributed by atoms with Crippen LogP contribution in [0.5, 0.6) is 0 Å². The fourth-order valence-electron chi connectivity index (χ4n) is 3.02. The number of nitrogens with two attached hydrogens (primary N) is 1. The lowest BCUT2D eigenvalue weighted by Crippen LogP contribution is -2.25.